The van der Waals surface area contributed by atoms with E-state index in [2.05, 4.69) is 10.6 Å². The molecular formula is C20H24N2O2S. The fourth-order valence-corrected chi connectivity index (χ4v) is 2.59. The Morgan fingerprint density at radius 3 is 2.48 bits per heavy atom. The topological polar surface area (TPSA) is 50.4 Å². The van der Waals surface area contributed by atoms with Crippen molar-refractivity contribution in [1.29, 1.82) is 0 Å². The Balaban J connectivity index is 1.64. The molecule has 0 aromatic heterocycles. The highest BCUT2D eigenvalue weighted by atomic mass is 32.1. The maximum absolute atomic E-state index is 11.9. The molecule has 0 spiro atoms. The van der Waals surface area contributed by atoms with Gasteiger partial charge in [0.25, 0.3) is 0 Å². The summed E-state index contributed by atoms with van der Waals surface area (Å²) in [5, 5.41) is 6.18. The molecule has 0 radical (unpaired) electrons. The lowest BCUT2D eigenvalue weighted by atomic mass is 10.1. The summed E-state index contributed by atoms with van der Waals surface area (Å²) in [5.74, 6) is 0.713. The van der Waals surface area contributed by atoms with Crippen LogP contribution in [0.25, 0.3) is 0 Å². The van der Waals surface area contributed by atoms with Gasteiger partial charge in [-0.15, -0.1) is 0 Å². The molecule has 0 heterocycles. The van der Waals surface area contributed by atoms with E-state index < -0.39 is 0 Å². The monoisotopic (exact) mass is 356 g/mol. The second-order valence-corrected chi connectivity index (χ2v) is 6.33. The molecule has 0 aliphatic carbocycles. The third kappa shape index (κ3) is 6.93. The molecule has 1 unspecified atom stereocenters. The fourth-order valence-electron chi connectivity index (χ4n) is 2.30. The predicted octanol–water partition coefficient (Wildman–Crippen LogP) is 3.91. The zero-order valence-electron chi connectivity index (χ0n) is 14.6. The largest absolute Gasteiger partial charge is 0.494 e. The van der Waals surface area contributed by atoms with E-state index in [0.717, 1.165) is 11.3 Å². The van der Waals surface area contributed by atoms with E-state index in [1.165, 1.54) is 5.56 Å². The van der Waals surface area contributed by atoms with E-state index in [0.29, 0.717) is 24.6 Å². The highest BCUT2D eigenvalue weighted by Gasteiger charge is 2.09. The molecule has 0 aliphatic heterocycles. The molecule has 4 nitrogen and oxygen atoms in total. The fraction of sp³-hybridized carbons (Fsp3) is 0.300. The first kappa shape index (κ1) is 18.9. The second kappa shape index (κ2) is 9.79. The van der Waals surface area contributed by atoms with Crippen LogP contribution < -0.4 is 15.4 Å². The number of carbonyl (C=O) groups excluding carboxylic acids is 1. The molecule has 132 valence electrons. The number of amides is 1. The van der Waals surface area contributed by atoms with Crippen LogP contribution in [0.15, 0.2) is 54.6 Å². The summed E-state index contributed by atoms with van der Waals surface area (Å²) < 4.78 is 5.61. The molecule has 0 aliphatic rings. The van der Waals surface area contributed by atoms with Gasteiger partial charge < -0.3 is 15.4 Å². The van der Waals surface area contributed by atoms with Gasteiger partial charge in [0.1, 0.15) is 5.75 Å². The molecule has 1 amide bonds. The smallest absolute Gasteiger partial charge is 0.226 e. The van der Waals surface area contributed by atoms with Gasteiger partial charge in [0.05, 0.1) is 12.6 Å². The lowest BCUT2D eigenvalue weighted by Crippen LogP contribution is -2.40. The SMILES string of the molecule is Cc1ccc(OCCCC(=O)NC(=S)NC(C)c2ccccc2)cc1. The van der Waals surface area contributed by atoms with Gasteiger partial charge in [-0.25, -0.2) is 0 Å². The molecule has 2 aromatic rings. The van der Waals surface area contributed by atoms with E-state index in [-0.39, 0.29) is 11.9 Å². The summed E-state index contributed by atoms with van der Waals surface area (Å²) in [5.41, 5.74) is 2.31. The Bertz CT molecular complexity index is 687. The van der Waals surface area contributed by atoms with Crippen LogP contribution in [0.5, 0.6) is 5.75 Å². The highest BCUT2D eigenvalue weighted by Crippen LogP contribution is 2.12. The molecular weight excluding hydrogens is 332 g/mol. The van der Waals surface area contributed by atoms with Crippen molar-refractivity contribution in [3.05, 3.63) is 65.7 Å². The van der Waals surface area contributed by atoms with Crippen LogP contribution in [0.2, 0.25) is 0 Å². The van der Waals surface area contributed by atoms with Crippen LogP contribution in [0.3, 0.4) is 0 Å². The lowest BCUT2D eigenvalue weighted by Gasteiger charge is -2.16. The van der Waals surface area contributed by atoms with Gasteiger partial charge in [0, 0.05) is 6.42 Å². The van der Waals surface area contributed by atoms with Crippen molar-refractivity contribution in [2.45, 2.75) is 32.7 Å². The Hall–Kier alpha value is -2.40. The van der Waals surface area contributed by atoms with E-state index in [1.807, 2.05) is 68.4 Å². The van der Waals surface area contributed by atoms with Crippen LogP contribution in [-0.2, 0) is 4.79 Å². The number of hydrogen-bond donors (Lipinski definition) is 2. The lowest BCUT2D eigenvalue weighted by molar-refractivity contribution is -0.119. The van der Waals surface area contributed by atoms with E-state index >= 15 is 0 Å². The minimum atomic E-state index is -0.106. The van der Waals surface area contributed by atoms with Gasteiger partial charge in [-0.3, -0.25) is 4.79 Å². The highest BCUT2D eigenvalue weighted by molar-refractivity contribution is 7.80. The zero-order valence-corrected chi connectivity index (χ0v) is 15.4. The van der Waals surface area contributed by atoms with Gasteiger partial charge in [-0.05, 0) is 50.2 Å². The minimum Gasteiger partial charge on any atom is -0.494 e. The number of hydrogen-bond acceptors (Lipinski definition) is 3. The number of nitrogens with one attached hydrogen (secondary N) is 2. The number of rotatable bonds is 7. The number of aryl methyl sites for hydroxylation is 1. The minimum absolute atomic E-state index is 0.0406. The van der Waals surface area contributed by atoms with E-state index in [1.54, 1.807) is 0 Å². The van der Waals surface area contributed by atoms with Crippen LogP contribution in [0, 0.1) is 6.92 Å². The molecule has 0 saturated heterocycles. The van der Waals surface area contributed by atoms with Crippen molar-refractivity contribution in [1.82, 2.24) is 10.6 Å². The number of carbonyl (C=O) groups is 1. The predicted molar refractivity (Wildman–Crippen MR) is 105 cm³/mol. The molecule has 2 N–H and O–H groups in total. The van der Waals surface area contributed by atoms with E-state index in [4.69, 9.17) is 17.0 Å². The number of thiocarbonyl (C=S) groups is 1. The molecule has 1 atom stereocenters. The molecule has 2 rings (SSSR count). The number of benzene rings is 2. The van der Waals surface area contributed by atoms with Crippen molar-refractivity contribution >= 4 is 23.2 Å². The average Bonchev–Trinajstić information content (AvgIpc) is 2.61. The van der Waals surface area contributed by atoms with Crippen molar-refractivity contribution in [2.24, 2.45) is 0 Å². The van der Waals surface area contributed by atoms with E-state index in [9.17, 15) is 4.79 Å². The maximum Gasteiger partial charge on any atom is 0.226 e. The summed E-state index contributed by atoms with van der Waals surface area (Å²) in [6.07, 6.45) is 1.00. The van der Waals surface area contributed by atoms with Gasteiger partial charge in [-0.1, -0.05) is 48.0 Å². The first-order chi connectivity index (χ1) is 12.0. The Morgan fingerprint density at radius 1 is 1.12 bits per heavy atom. The Kier molecular flexibility index (Phi) is 7.41. The molecule has 25 heavy (non-hydrogen) atoms. The number of ether oxygens (including phenoxy) is 1. The van der Waals surface area contributed by atoms with Crippen LogP contribution in [0.4, 0.5) is 0 Å². The summed E-state index contributed by atoms with van der Waals surface area (Å²) in [6.45, 7) is 4.53. The van der Waals surface area contributed by atoms with Gasteiger partial charge >= 0.3 is 0 Å². The quantitative estimate of drug-likeness (QED) is 0.583. The Morgan fingerprint density at radius 2 is 1.80 bits per heavy atom. The van der Waals surface area contributed by atoms with Crippen LogP contribution in [0.1, 0.15) is 36.9 Å². The van der Waals surface area contributed by atoms with Gasteiger partial charge in [-0.2, -0.15) is 0 Å². The summed E-state index contributed by atoms with van der Waals surface area (Å²) in [4.78, 5) is 11.9. The molecule has 0 fully saturated rings. The first-order valence-electron chi connectivity index (χ1n) is 8.39. The summed E-state index contributed by atoms with van der Waals surface area (Å²) in [7, 11) is 0. The summed E-state index contributed by atoms with van der Waals surface area (Å²) >= 11 is 5.20. The molecule has 5 heteroatoms. The molecule has 0 saturated carbocycles. The van der Waals surface area contributed by atoms with Crippen molar-refractivity contribution < 1.29 is 9.53 Å². The van der Waals surface area contributed by atoms with Gasteiger partial charge in [0.15, 0.2) is 5.11 Å². The first-order valence-corrected chi connectivity index (χ1v) is 8.80. The molecule has 0 bridgehead atoms. The van der Waals surface area contributed by atoms with Crippen LogP contribution >= 0.6 is 12.2 Å². The average molecular weight is 356 g/mol. The van der Waals surface area contributed by atoms with Crippen LogP contribution in [-0.4, -0.2) is 17.6 Å². The Labute approximate surface area is 154 Å². The van der Waals surface area contributed by atoms with Crippen molar-refractivity contribution in [3.63, 3.8) is 0 Å². The summed E-state index contributed by atoms with van der Waals surface area (Å²) in [6, 6.07) is 17.9. The van der Waals surface area contributed by atoms with Crippen molar-refractivity contribution in [2.75, 3.05) is 6.61 Å². The standard InChI is InChI=1S/C20H24N2O2S/c1-15-10-12-18(13-11-15)24-14-6-9-19(23)22-20(25)21-16(2)17-7-4-3-5-8-17/h3-5,7-8,10-13,16H,6,9,14H2,1-2H3,(H2,21,22,23,25). The van der Waals surface area contributed by atoms with Gasteiger partial charge in [0.2, 0.25) is 5.91 Å². The molecule has 2 aromatic carbocycles. The maximum atomic E-state index is 11.9. The second-order valence-electron chi connectivity index (χ2n) is 5.92. The third-order valence-corrected chi connectivity index (χ3v) is 3.96. The zero-order chi connectivity index (χ0) is 18.1. The third-order valence-electron chi connectivity index (χ3n) is 3.74. The normalized spacial score (nSPS) is 11.4. The van der Waals surface area contributed by atoms with Crippen molar-refractivity contribution in [3.8, 4) is 5.75 Å².